The highest BCUT2D eigenvalue weighted by atomic mass is 35.5. The smallest absolute Gasteiger partial charge is 0.257 e. The van der Waals surface area contributed by atoms with Crippen LogP contribution in [-0.2, 0) is 4.74 Å². The minimum absolute atomic E-state index is 0.0538. The van der Waals surface area contributed by atoms with Crippen molar-refractivity contribution in [2.45, 2.75) is 32.8 Å². The van der Waals surface area contributed by atoms with Crippen LogP contribution in [0.15, 0.2) is 12.3 Å². The van der Waals surface area contributed by atoms with Crippen LogP contribution in [0.25, 0.3) is 0 Å². The summed E-state index contributed by atoms with van der Waals surface area (Å²) in [7, 11) is 0. The predicted molar refractivity (Wildman–Crippen MR) is 74.5 cm³/mol. The third-order valence-electron chi connectivity index (χ3n) is 3.29. The van der Waals surface area contributed by atoms with Gasteiger partial charge in [0.05, 0.1) is 16.7 Å². The maximum absolute atomic E-state index is 12.4. The number of hydrogen-bond donors (Lipinski definition) is 0. The molecule has 2 rings (SSSR count). The lowest BCUT2D eigenvalue weighted by Gasteiger charge is -2.32. The van der Waals surface area contributed by atoms with Gasteiger partial charge < -0.3 is 9.64 Å². The largest absolute Gasteiger partial charge is 0.377 e. The summed E-state index contributed by atoms with van der Waals surface area (Å²) in [6.07, 6.45) is 3.68. The summed E-state index contributed by atoms with van der Waals surface area (Å²) in [5.74, 6) is -0.0538. The van der Waals surface area contributed by atoms with Gasteiger partial charge in [-0.1, -0.05) is 11.6 Å². The van der Waals surface area contributed by atoms with Crippen molar-refractivity contribution >= 4 is 17.5 Å². The minimum Gasteiger partial charge on any atom is -0.377 e. The standard InChI is InChI=1S/C14H19ClN2O2/c1-3-19-11-5-4-6-17(9-11)14(18)12-8-16-10(2)7-13(12)15/h7-8,11H,3-6,9H2,1-2H3. The Bertz CT molecular complexity index is 463. The fourth-order valence-electron chi connectivity index (χ4n) is 2.35. The van der Waals surface area contributed by atoms with E-state index in [1.54, 1.807) is 12.3 Å². The van der Waals surface area contributed by atoms with E-state index < -0.39 is 0 Å². The van der Waals surface area contributed by atoms with Crippen LogP contribution in [0.3, 0.4) is 0 Å². The first-order chi connectivity index (χ1) is 9.11. The van der Waals surface area contributed by atoms with E-state index in [9.17, 15) is 4.79 Å². The van der Waals surface area contributed by atoms with Gasteiger partial charge in [-0.05, 0) is 32.8 Å². The highest BCUT2D eigenvalue weighted by Crippen LogP contribution is 2.21. The normalized spacial score (nSPS) is 19.5. The molecule has 1 atom stereocenters. The number of halogens is 1. The minimum atomic E-state index is -0.0538. The molecule has 1 saturated heterocycles. The van der Waals surface area contributed by atoms with E-state index in [1.165, 1.54) is 0 Å². The van der Waals surface area contributed by atoms with Crippen molar-refractivity contribution < 1.29 is 9.53 Å². The van der Waals surface area contributed by atoms with Crippen LogP contribution in [-0.4, -0.2) is 41.6 Å². The Balaban J connectivity index is 2.10. The lowest BCUT2D eigenvalue weighted by molar-refractivity contribution is 0.00723. The van der Waals surface area contributed by atoms with Crippen molar-refractivity contribution in [3.05, 3.63) is 28.5 Å². The molecule has 1 amide bonds. The maximum Gasteiger partial charge on any atom is 0.257 e. The maximum atomic E-state index is 12.4. The Labute approximate surface area is 118 Å². The van der Waals surface area contributed by atoms with E-state index in [4.69, 9.17) is 16.3 Å². The number of likely N-dealkylation sites (tertiary alicyclic amines) is 1. The molecule has 104 valence electrons. The van der Waals surface area contributed by atoms with E-state index in [-0.39, 0.29) is 12.0 Å². The number of carbonyl (C=O) groups is 1. The summed E-state index contributed by atoms with van der Waals surface area (Å²) in [5.41, 5.74) is 1.29. The van der Waals surface area contributed by atoms with Crippen molar-refractivity contribution in [3.63, 3.8) is 0 Å². The zero-order valence-electron chi connectivity index (χ0n) is 11.4. The molecule has 1 aliphatic heterocycles. The Morgan fingerprint density at radius 3 is 3.11 bits per heavy atom. The van der Waals surface area contributed by atoms with Gasteiger partial charge in [0.2, 0.25) is 0 Å². The van der Waals surface area contributed by atoms with Crippen molar-refractivity contribution in [2.24, 2.45) is 0 Å². The fraction of sp³-hybridized carbons (Fsp3) is 0.571. The summed E-state index contributed by atoms with van der Waals surface area (Å²) in [6, 6.07) is 1.72. The Kier molecular flexibility index (Phi) is 4.77. The van der Waals surface area contributed by atoms with E-state index in [0.29, 0.717) is 23.7 Å². The van der Waals surface area contributed by atoms with Gasteiger partial charge in [-0.2, -0.15) is 0 Å². The molecule has 1 fully saturated rings. The second-order valence-corrected chi connectivity index (χ2v) is 5.18. The number of rotatable bonds is 3. The molecule has 5 heteroatoms. The molecule has 0 aliphatic carbocycles. The number of pyridine rings is 1. The number of nitrogens with zero attached hydrogens (tertiary/aromatic N) is 2. The molecule has 0 saturated carbocycles. The van der Waals surface area contributed by atoms with Crippen molar-refractivity contribution in [1.29, 1.82) is 0 Å². The van der Waals surface area contributed by atoms with Gasteiger partial charge in [-0.15, -0.1) is 0 Å². The fourth-order valence-corrected chi connectivity index (χ4v) is 2.64. The number of piperidine rings is 1. The number of hydrogen-bond acceptors (Lipinski definition) is 3. The van der Waals surface area contributed by atoms with Crippen LogP contribution in [0.1, 0.15) is 35.8 Å². The molecular weight excluding hydrogens is 264 g/mol. The van der Waals surface area contributed by atoms with Gasteiger partial charge >= 0.3 is 0 Å². The number of aryl methyl sites for hydroxylation is 1. The molecule has 4 nitrogen and oxygen atoms in total. The zero-order chi connectivity index (χ0) is 13.8. The average molecular weight is 283 g/mol. The molecule has 0 radical (unpaired) electrons. The van der Waals surface area contributed by atoms with E-state index >= 15 is 0 Å². The van der Waals surface area contributed by atoms with Crippen molar-refractivity contribution in [2.75, 3.05) is 19.7 Å². The zero-order valence-corrected chi connectivity index (χ0v) is 12.1. The van der Waals surface area contributed by atoms with Crippen LogP contribution in [0.5, 0.6) is 0 Å². The van der Waals surface area contributed by atoms with Crippen molar-refractivity contribution in [1.82, 2.24) is 9.88 Å². The van der Waals surface area contributed by atoms with E-state index in [1.807, 2.05) is 18.7 Å². The van der Waals surface area contributed by atoms with Crippen LogP contribution < -0.4 is 0 Å². The molecule has 0 spiro atoms. The highest BCUT2D eigenvalue weighted by molar-refractivity contribution is 6.33. The molecule has 0 aromatic carbocycles. The topological polar surface area (TPSA) is 42.4 Å². The van der Waals surface area contributed by atoms with Crippen LogP contribution >= 0.6 is 11.6 Å². The first-order valence-corrected chi connectivity index (χ1v) is 7.02. The molecule has 19 heavy (non-hydrogen) atoms. The number of carbonyl (C=O) groups excluding carboxylic acids is 1. The molecule has 0 N–H and O–H groups in total. The molecule has 1 aromatic heterocycles. The molecular formula is C14H19ClN2O2. The summed E-state index contributed by atoms with van der Waals surface area (Å²) >= 11 is 6.12. The molecule has 0 bridgehead atoms. The summed E-state index contributed by atoms with van der Waals surface area (Å²) in [4.78, 5) is 18.4. The van der Waals surface area contributed by atoms with Gasteiger partial charge in [0.1, 0.15) is 0 Å². The van der Waals surface area contributed by atoms with Gasteiger partial charge in [0.15, 0.2) is 0 Å². The SMILES string of the molecule is CCOC1CCCN(C(=O)c2cnc(C)cc2Cl)C1. The number of ether oxygens (including phenoxy) is 1. The van der Waals surface area contributed by atoms with E-state index in [2.05, 4.69) is 4.98 Å². The monoisotopic (exact) mass is 282 g/mol. The Morgan fingerprint density at radius 1 is 1.63 bits per heavy atom. The van der Waals surface area contributed by atoms with Crippen molar-refractivity contribution in [3.8, 4) is 0 Å². The van der Waals surface area contributed by atoms with Crippen LogP contribution in [0, 0.1) is 6.92 Å². The molecule has 1 aliphatic rings. The quantitative estimate of drug-likeness (QED) is 0.856. The summed E-state index contributed by atoms with van der Waals surface area (Å²) in [6.45, 7) is 5.90. The first-order valence-electron chi connectivity index (χ1n) is 6.64. The average Bonchev–Trinajstić information content (AvgIpc) is 2.39. The first kappa shape index (κ1) is 14.3. The second-order valence-electron chi connectivity index (χ2n) is 4.78. The van der Waals surface area contributed by atoms with E-state index in [0.717, 1.165) is 25.1 Å². The highest BCUT2D eigenvalue weighted by Gasteiger charge is 2.26. The van der Waals surface area contributed by atoms with Gasteiger partial charge in [-0.3, -0.25) is 9.78 Å². The molecule has 2 heterocycles. The Morgan fingerprint density at radius 2 is 2.42 bits per heavy atom. The summed E-state index contributed by atoms with van der Waals surface area (Å²) < 4.78 is 5.61. The second kappa shape index (κ2) is 6.35. The lowest BCUT2D eigenvalue weighted by atomic mass is 10.1. The molecule has 1 unspecified atom stereocenters. The molecule has 1 aromatic rings. The summed E-state index contributed by atoms with van der Waals surface area (Å²) in [5, 5.41) is 0.469. The van der Waals surface area contributed by atoms with Gasteiger partial charge in [0, 0.05) is 31.6 Å². The number of aromatic nitrogens is 1. The number of amides is 1. The van der Waals surface area contributed by atoms with Gasteiger partial charge in [-0.25, -0.2) is 0 Å². The van der Waals surface area contributed by atoms with Crippen LogP contribution in [0.4, 0.5) is 0 Å². The Hall–Kier alpha value is -1.13. The van der Waals surface area contributed by atoms with Gasteiger partial charge in [0.25, 0.3) is 5.91 Å². The third kappa shape index (κ3) is 3.45. The third-order valence-corrected chi connectivity index (χ3v) is 3.60. The lowest BCUT2D eigenvalue weighted by Crippen LogP contribution is -2.43. The van der Waals surface area contributed by atoms with Crippen LogP contribution in [0.2, 0.25) is 5.02 Å². The predicted octanol–water partition coefficient (Wildman–Crippen LogP) is 2.68.